The number of aliphatic carboxylic acids is 1. The fraction of sp³-hybridized carbons (Fsp3) is 0.200. The molecule has 17 heavy (non-hydrogen) atoms. The van der Waals surface area contributed by atoms with E-state index in [0.717, 1.165) is 11.8 Å². The molecule has 0 unspecified atom stereocenters. The van der Waals surface area contributed by atoms with Gasteiger partial charge in [-0.1, -0.05) is 12.1 Å². The predicted octanol–water partition coefficient (Wildman–Crippen LogP) is -3.18. The van der Waals surface area contributed by atoms with Crippen LogP contribution in [-0.2, 0) is 9.59 Å². The average Bonchev–Trinajstić information content (AvgIpc) is 2.21. The number of phenolic OH excluding ortho intramolecular Hbond substituents is 1. The third-order valence-corrected chi connectivity index (χ3v) is 2.54. The number of carboxylic acid groups (broad SMARTS) is 1. The fourth-order valence-electron chi connectivity index (χ4n) is 0.993. The minimum Gasteiger partial charge on any atom is -0.549 e. The van der Waals surface area contributed by atoms with Crippen LogP contribution in [0.1, 0.15) is 0 Å². The zero-order chi connectivity index (χ0) is 12.0. The van der Waals surface area contributed by atoms with Gasteiger partial charge in [0.15, 0.2) is 0 Å². The number of hydrogen-bond donors (Lipinski definition) is 2. The number of amides is 1. The molecule has 1 aromatic carbocycles. The largest absolute Gasteiger partial charge is 1.00 e. The molecule has 0 radical (unpaired) electrons. The molecule has 7 heteroatoms. The topological polar surface area (TPSA) is 89.5 Å². The number of aromatic hydroxyl groups is 1. The van der Waals surface area contributed by atoms with Crippen LogP contribution < -0.4 is 61.8 Å². The molecule has 0 spiro atoms. The van der Waals surface area contributed by atoms with Gasteiger partial charge in [-0.3, -0.25) is 4.79 Å². The molecule has 2 N–H and O–H groups in total. The van der Waals surface area contributed by atoms with E-state index in [0.29, 0.717) is 5.69 Å². The number of hydrogen-bond acceptors (Lipinski definition) is 5. The molecule has 0 heterocycles. The molecule has 1 aromatic rings. The number of carbonyl (C=O) groups is 2. The molecule has 0 bridgehead atoms. The van der Waals surface area contributed by atoms with Crippen LogP contribution in [0.4, 0.5) is 5.69 Å². The van der Waals surface area contributed by atoms with E-state index >= 15 is 0 Å². The Labute approximate surface area is 145 Å². The van der Waals surface area contributed by atoms with Crippen molar-refractivity contribution in [2.45, 2.75) is 0 Å². The minimum absolute atomic E-state index is 0. The Bertz CT molecular complexity index is 400. The maximum Gasteiger partial charge on any atom is 1.00 e. The molecule has 0 aliphatic carbocycles. The molecule has 5 nitrogen and oxygen atoms in total. The third-order valence-electron chi connectivity index (χ3n) is 1.63. The van der Waals surface area contributed by atoms with Gasteiger partial charge in [-0.05, 0) is 12.1 Å². The standard InChI is InChI=1S/C10H11NO4S.K/c12-8-4-2-1-3-7(8)11-9(13)5-16-6-10(14)15;/h1-4,12H,5-6H2,(H,11,13)(H,14,15);/q;+1/p-1. The number of para-hydroxylation sites is 2. The van der Waals surface area contributed by atoms with Gasteiger partial charge in [-0.25, -0.2) is 0 Å². The number of rotatable bonds is 5. The molecule has 0 aromatic heterocycles. The Kier molecular flexibility index (Phi) is 8.93. The Morgan fingerprint density at radius 3 is 2.53 bits per heavy atom. The van der Waals surface area contributed by atoms with Gasteiger partial charge < -0.3 is 20.3 Å². The summed E-state index contributed by atoms with van der Waals surface area (Å²) in [4.78, 5) is 21.4. The summed E-state index contributed by atoms with van der Waals surface area (Å²) < 4.78 is 0. The quantitative estimate of drug-likeness (QED) is 0.438. The van der Waals surface area contributed by atoms with Crippen molar-refractivity contribution in [2.24, 2.45) is 0 Å². The monoisotopic (exact) mass is 279 g/mol. The van der Waals surface area contributed by atoms with Gasteiger partial charge >= 0.3 is 51.4 Å². The maximum atomic E-state index is 11.3. The Balaban J connectivity index is 0.00000256. The summed E-state index contributed by atoms with van der Waals surface area (Å²) in [7, 11) is 0. The van der Waals surface area contributed by atoms with Crippen molar-refractivity contribution in [3.63, 3.8) is 0 Å². The van der Waals surface area contributed by atoms with Gasteiger partial charge in [0, 0.05) is 5.75 Å². The number of thioether (sulfide) groups is 1. The molecule has 0 aliphatic rings. The van der Waals surface area contributed by atoms with Crippen LogP contribution in [0.25, 0.3) is 0 Å². The van der Waals surface area contributed by atoms with E-state index in [-0.39, 0.29) is 74.5 Å². The molecule has 0 fully saturated rings. The first-order chi connectivity index (χ1) is 7.59. The van der Waals surface area contributed by atoms with Gasteiger partial charge in [0.25, 0.3) is 0 Å². The van der Waals surface area contributed by atoms with Crippen molar-refractivity contribution in [1.82, 2.24) is 0 Å². The van der Waals surface area contributed by atoms with E-state index in [9.17, 15) is 19.8 Å². The maximum absolute atomic E-state index is 11.3. The van der Waals surface area contributed by atoms with E-state index < -0.39 is 5.97 Å². The molecular formula is C10H10KNO4S. The molecule has 0 atom stereocenters. The van der Waals surface area contributed by atoms with Crippen molar-refractivity contribution in [1.29, 1.82) is 0 Å². The molecular weight excluding hydrogens is 269 g/mol. The molecule has 1 amide bonds. The molecule has 0 saturated heterocycles. The molecule has 0 saturated carbocycles. The fourth-order valence-corrected chi connectivity index (χ4v) is 1.52. The average molecular weight is 279 g/mol. The number of phenols is 1. The molecule has 0 aliphatic heterocycles. The Morgan fingerprint density at radius 2 is 1.94 bits per heavy atom. The van der Waals surface area contributed by atoms with Crippen molar-refractivity contribution in [3.8, 4) is 5.75 Å². The van der Waals surface area contributed by atoms with Crippen LogP contribution in [0.3, 0.4) is 0 Å². The number of carboxylic acids is 1. The van der Waals surface area contributed by atoms with Crippen molar-refractivity contribution < 1.29 is 71.2 Å². The van der Waals surface area contributed by atoms with Crippen LogP contribution in [0, 0.1) is 0 Å². The Morgan fingerprint density at radius 1 is 1.29 bits per heavy atom. The van der Waals surface area contributed by atoms with Gasteiger partial charge in [0.2, 0.25) is 5.91 Å². The van der Waals surface area contributed by atoms with Crippen LogP contribution in [0.5, 0.6) is 5.75 Å². The number of carbonyl (C=O) groups excluding carboxylic acids is 2. The summed E-state index contributed by atoms with van der Waals surface area (Å²) >= 11 is 0.939. The first-order valence-electron chi connectivity index (χ1n) is 4.45. The second kappa shape index (κ2) is 8.95. The minimum atomic E-state index is -1.21. The number of anilines is 1. The van der Waals surface area contributed by atoms with Crippen LogP contribution in [0.15, 0.2) is 24.3 Å². The molecule has 86 valence electrons. The summed E-state index contributed by atoms with van der Waals surface area (Å²) in [6, 6.07) is 6.31. The predicted molar refractivity (Wildman–Crippen MR) is 59.1 cm³/mol. The second-order valence-electron chi connectivity index (χ2n) is 2.93. The Hall–Kier alpha value is -0.0536. The van der Waals surface area contributed by atoms with Gasteiger partial charge in [-0.2, -0.15) is 0 Å². The van der Waals surface area contributed by atoms with E-state index in [2.05, 4.69) is 5.32 Å². The summed E-state index contributed by atoms with van der Waals surface area (Å²) in [5.41, 5.74) is 0.307. The zero-order valence-corrected chi connectivity index (χ0v) is 13.2. The van der Waals surface area contributed by atoms with Gasteiger partial charge in [0.05, 0.1) is 17.4 Å². The van der Waals surface area contributed by atoms with Crippen molar-refractivity contribution in [2.75, 3.05) is 16.8 Å². The van der Waals surface area contributed by atoms with E-state index in [1.54, 1.807) is 18.2 Å². The summed E-state index contributed by atoms with van der Waals surface area (Å²) in [6.07, 6.45) is 0. The third kappa shape index (κ3) is 7.07. The second-order valence-corrected chi connectivity index (χ2v) is 3.92. The van der Waals surface area contributed by atoms with Crippen LogP contribution in [0.2, 0.25) is 0 Å². The van der Waals surface area contributed by atoms with E-state index in [1.807, 2.05) is 0 Å². The first kappa shape index (κ1) is 16.9. The first-order valence-corrected chi connectivity index (χ1v) is 5.60. The smallest absolute Gasteiger partial charge is 0.549 e. The zero-order valence-electron chi connectivity index (χ0n) is 9.30. The van der Waals surface area contributed by atoms with E-state index in [1.165, 1.54) is 6.07 Å². The van der Waals surface area contributed by atoms with Crippen LogP contribution >= 0.6 is 11.8 Å². The van der Waals surface area contributed by atoms with Gasteiger partial charge in [0.1, 0.15) is 5.75 Å². The molecule has 1 rings (SSSR count). The van der Waals surface area contributed by atoms with Crippen molar-refractivity contribution in [3.05, 3.63) is 24.3 Å². The summed E-state index contributed by atoms with van der Waals surface area (Å²) in [6.45, 7) is 0. The van der Waals surface area contributed by atoms with Crippen LogP contribution in [-0.4, -0.2) is 28.5 Å². The summed E-state index contributed by atoms with van der Waals surface area (Å²) in [5, 5.41) is 21.9. The SMILES string of the molecule is O=C([O-])CSCC(=O)Nc1ccccc1O.[K+]. The normalized spacial score (nSPS) is 9.18. The number of benzene rings is 1. The van der Waals surface area contributed by atoms with Crippen molar-refractivity contribution >= 4 is 29.3 Å². The van der Waals surface area contributed by atoms with E-state index in [4.69, 9.17) is 0 Å². The van der Waals surface area contributed by atoms with Gasteiger partial charge in [-0.15, -0.1) is 11.8 Å². The number of nitrogens with one attached hydrogen (secondary N) is 1. The summed E-state index contributed by atoms with van der Waals surface area (Å²) in [5.74, 6) is -1.83.